The van der Waals surface area contributed by atoms with Crippen molar-refractivity contribution in [2.75, 3.05) is 29.2 Å². The van der Waals surface area contributed by atoms with Crippen molar-refractivity contribution < 1.29 is 19.1 Å². The van der Waals surface area contributed by atoms with Gasteiger partial charge in [-0.25, -0.2) is 0 Å². The molecule has 1 aliphatic heterocycles. The molecular weight excluding hydrogens is 426 g/mol. The molecule has 0 fully saturated rings. The monoisotopic (exact) mass is 443 g/mol. The second-order valence-electron chi connectivity index (χ2n) is 6.02. The van der Waals surface area contributed by atoms with Gasteiger partial charge in [-0.3, -0.25) is 19.3 Å². The van der Waals surface area contributed by atoms with Gasteiger partial charge in [0, 0.05) is 16.2 Å². The Kier molecular flexibility index (Phi) is 6.10. The van der Waals surface area contributed by atoms with Crippen molar-refractivity contribution in [1.82, 2.24) is 0 Å². The van der Waals surface area contributed by atoms with Crippen molar-refractivity contribution in [3.63, 3.8) is 0 Å². The van der Waals surface area contributed by atoms with Crippen LogP contribution in [0.3, 0.4) is 0 Å². The van der Waals surface area contributed by atoms with Gasteiger partial charge in [0.1, 0.15) is 6.54 Å². The summed E-state index contributed by atoms with van der Waals surface area (Å²) in [6.07, 6.45) is 1.23. The first kappa shape index (κ1) is 19.6. The Labute approximate surface area is 170 Å². The number of methoxy groups -OCH3 is 1. The van der Waals surface area contributed by atoms with Crippen LogP contribution in [0.25, 0.3) is 0 Å². The number of nitrogens with zero attached hydrogens (tertiary/aromatic N) is 1. The van der Waals surface area contributed by atoms with Gasteiger partial charge < -0.3 is 15.4 Å². The summed E-state index contributed by atoms with van der Waals surface area (Å²) in [4.78, 5) is 38.3. The number of halogens is 1. The molecule has 144 valence electrons. The highest BCUT2D eigenvalue weighted by Crippen LogP contribution is 2.30. The Morgan fingerprint density at radius 2 is 1.86 bits per heavy atom. The van der Waals surface area contributed by atoms with Crippen molar-refractivity contribution in [3.8, 4) is 0 Å². The highest BCUT2D eigenvalue weighted by molar-refractivity contribution is 9.10. The number of hydrogen-bond donors (Lipinski definition) is 2. The minimum absolute atomic E-state index is 0.0758. The SMILES string of the molecule is COC(=O)CC1=CC(=O)N(CC(=O)Nc2ccccc2Br)c2ccccc2N1. The van der Waals surface area contributed by atoms with Crippen LogP contribution >= 0.6 is 15.9 Å². The molecule has 28 heavy (non-hydrogen) atoms. The zero-order chi connectivity index (χ0) is 20.1. The normalized spacial score (nSPS) is 13.0. The molecule has 8 heteroatoms. The zero-order valence-electron chi connectivity index (χ0n) is 15.1. The van der Waals surface area contributed by atoms with Crippen LogP contribution in [-0.2, 0) is 19.1 Å². The summed E-state index contributed by atoms with van der Waals surface area (Å²) in [6, 6.07) is 14.3. The maximum Gasteiger partial charge on any atom is 0.311 e. The smallest absolute Gasteiger partial charge is 0.311 e. The molecule has 2 aromatic rings. The number of anilines is 3. The Morgan fingerprint density at radius 3 is 2.61 bits per heavy atom. The van der Waals surface area contributed by atoms with E-state index in [1.807, 2.05) is 12.1 Å². The Balaban J connectivity index is 1.85. The van der Waals surface area contributed by atoms with Gasteiger partial charge in [0.2, 0.25) is 5.91 Å². The third kappa shape index (κ3) is 4.58. The van der Waals surface area contributed by atoms with E-state index < -0.39 is 11.9 Å². The van der Waals surface area contributed by atoms with Crippen LogP contribution in [0.2, 0.25) is 0 Å². The van der Waals surface area contributed by atoms with Gasteiger partial charge in [-0.2, -0.15) is 0 Å². The molecule has 0 aliphatic carbocycles. The van der Waals surface area contributed by atoms with Gasteiger partial charge in [-0.1, -0.05) is 24.3 Å². The summed E-state index contributed by atoms with van der Waals surface area (Å²) in [7, 11) is 1.29. The maximum absolute atomic E-state index is 12.8. The summed E-state index contributed by atoms with van der Waals surface area (Å²) >= 11 is 3.38. The Bertz CT molecular complexity index is 958. The van der Waals surface area contributed by atoms with E-state index in [0.717, 1.165) is 4.47 Å². The van der Waals surface area contributed by atoms with E-state index in [4.69, 9.17) is 0 Å². The number of nitrogens with one attached hydrogen (secondary N) is 2. The lowest BCUT2D eigenvalue weighted by Crippen LogP contribution is -2.37. The third-order valence-corrected chi connectivity index (χ3v) is 4.76. The highest BCUT2D eigenvalue weighted by Gasteiger charge is 2.25. The summed E-state index contributed by atoms with van der Waals surface area (Å²) in [5.74, 6) is -1.22. The molecule has 0 saturated heterocycles. The van der Waals surface area contributed by atoms with E-state index in [1.54, 1.807) is 36.4 Å². The van der Waals surface area contributed by atoms with Crippen LogP contribution in [-0.4, -0.2) is 31.4 Å². The van der Waals surface area contributed by atoms with Crippen molar-refractivity contribution in [2.24, 2.45) is 0 Å². The second-order valence-corrected chi connectivity index (χ2v) is 6.87. The molecule has 1 heterocycles. The molecule has 7 nitrogen and oxygen atoms in total. The number of amides is 2. The van der Waals surface area contributed by atoms with Gasteiger partial charge in [-0.15, -0.1) is 0 Å². The van der Waals surface area contributed by atoms with Crippen molar-refractivity contribution >= 4 is 50.8 Å². The van der Waals surface area contributed by atoms with Crippen molar-refractivity contribution in [3.05, 3.63) is 64.8 Å². The van der Waals surface area contributed by atoms with Crippen molar-refractivity contribution in [2.45, 2.75) is 6.42 Å². The molecular formula is C20H18BrN3O4. The summed E-state index contributed by atoms with van der Waals surface area (Å²) in [5.41, 5.74) is 2.18. The number of para-hydroxylation sites is 3. The first-order valence-electron chi connectivity index (χ1n) is 8.47. The van der Waals surface area contributed by atoms with Gasteiger partial charge in [-0.05, 0) is 40.2 Å². The predicted molar refractivity (Wildman–Crippen MR) is 110 cm³/mol. The minimum atomic E-state index is -0.468. The fraction of sp³-hybridized carbons (Fsp3) is 0.150. The van der Waals surface area contributed by atoms with Gasteiger partial charge >= 0.3 is 5.97 Å². The van der Waals surface area contributed by atoms with Crippen LogP contribution in [0.1, 0.15) is 6.42 Å². The van der Waals surface area contributed by atoms with E-state index in [2.05, 4.69) is 31.3 Å². The summed E-state index contributed by atoms with van der Waals surface area (Å²) in [5, 5.41) is 5.86. The molecule has 0 aromatic heterocycles. The molecule has 0 atom stereocenters. The predicted octanol–water partition coefficient (Wildman–Crippen LogP) is 3.29. The van der Waals surface area contributed by atoms with Gasteiger partial charge in [0.25, 0.3) is 5.91 Å². The summed E-state index contributed by atoms with van der Waals surface area (Å²) in [6.45, 7) is -0.180. The number of carbonyl (C=O) groups excluding carboxylic acids is 3. The lowest BCUT2D eigenvalue weighted by Gasteiger charge is -2.22. The lowest BCUT2D eigenvalue weighted by atomic mass is 10.2. The molecule has 2 amide bonds. The second kappa shape index (κ2) is 8.71. The van der Waals surface area contributed by atoms with E-state index in [-0.39, 0.29) is 18.9 Å². The molecule has 0 saturated carbocycles. The van der Waals surface area contributed by atoms with Crippen LogP contribution in [0.4, 0.5) is 17.1 Å². The fourth-order valence-electron chi connectivity index (χ4n) is 2.75. The van der Waals surface area contributed by atoms with E-state index in [0.29, 0.717) is 22.8 Å². The molecule has 0 spiro atoms. The molecule has 2 aromatic carbocycles. The van der Waals surface area contributed by atoms with Crippen molar-refractivity contribution in [1.29, 1.82) is 0 Å². The standard InChI is InChI=1S/C20H18BrN3O4/c1-28-20(27)11-13-10-19(26)24(17-9-5-4-8-16(17)22-13)12-18(25)23-15-7-3-2-6-14(15)21/h2-10,22H,11-12H2,1H3,(H,23,25). The maximum atomic E-state index is 12.8. The number of rotatable bonds is 5. The number of esters is 1. The number of carbonyl (C=O) groups is 3. The van der Waals surface area contributed by atoms with Crippen LogP contribution < -0.4 is 15.5 Å². The minimum Gasteiger partial charge on any atom is -0.469 e. The Hall–Kier alpha value is -3.13. The quantitative estimate of drug-likeness (QED) is 0.692. The van der Waals surface area contributed by atoms with Crippen LogP contribution in [0.5, 0.6) is 0 Å². The number of benzene rings is 2. The number of hydrogen-bond acceptors (Lipinski definition) is 5. The molecule has 1 aliphatic rings. The Morgan fingerprint density at radius 1 is 1.14 bits per heavy atom. The van der Waals surface area contributed by atoms with Gasteiger partial charge in [0.05, 0.1) is 30.6 Å². The van der Waals surface area contributed by atoms with Crippen LogP contribution in [0.15, 0.2) is 64.8 Å². The number of fused-ring (bicyclic) bond motifs is 1. The average molecular weight is 444 g/mol. The van der Waals surface area contributed by atoms with E-state index in [9.17, 15) is 14.4 Å². The first-order valence-corrected chi connectivity index (χ1v) is 9.26. The van der Waals surface area contributed by atoms with Gasteiger partial charge in [0.15, 0.2) is 0 Å². The molecule has 2 N–H and O–H groups in total. The van der Waals surface area contributed by atoms with Crippen LogP contribution in [0, 0.1) is 0 Å². The van der Waals surface area contributed by atoms with E-state index in [1.165, 1.54) is 18.1 Å². The average Bonchev–Trinajstić information content (AvgIpc) is 2.80. The fourth-order valence-corrected chi connectivity index (χ4v) is 3.14. The molecule has 0 radical (unpaired) electrons. The third-order valence-electron chi connectivity index (χ3n) is 4.07. The summed E-state index contributed by atoms with van der Waals surface area (Å²) < 4.78 is 5.42. The zero-order valence-corrected chi connectivity index (χ0v) is 16.7. The molecule has 3 rings (SSSR count). The number of ether oxygens (including phenoxy) is 1. The highest BCUT2D eigenvalue weighted by atomic mass is 79.9. The molecule has 0 unspecified atom stereocenters. The first-order chi connectivity index (χ1) is 13.5. The van der Waals surface area contributed by atoms with E-state index >= 15 is 0 Å². The lowest BCUT2D eigenvalue weighted by molar-refractivity contribution is -0.139. The topological polar surface area (TPSA) is 87.7 Å². The largest absolute Gasteiger partial charge is 0.469 e. The molecule has 0 bridgehead atoms.